The minimum absolute atomic E-state index is 0.136. The smallest absolute Gasteiger partial charge is 0.233 e. The lowest BCUT2D eigenvalue weighted by Gasteiger charge is -2.33. The number of carbonyl (C=O) groups excluding carboxylic acids is 2. The van der Waals surface area contributed by atoms with E-state index in [1.54, 1.807) is 0 Å². The highest BCUT2D eigenvalue weighted by Gasteiger charge is 2.29. The SMILES string of the molecule is Cc1nc(N2CCC(CO)CC2)ccc1N1C(=O)CCCC1=O. The molecule has 2 amide bonds. The van der Waals surface area contributed by atoms with Gasteiger partial charge in [0.15, 0.2) is 0 Å². The first-order valence-corrected chi connectivity index (χ1v) is 8.29. The van der Waals surface area contributed by atoms with Crippen molar-refractivity contribution < 1.29 is 14.7 Å². The van der Waals surface area contributed by atoms with Crippen LogP contribution in [0, 0.1) is 12.8 Å². The van der Waals surface area contributed by atoms with Gasteiger partial charge in [0.05, 0.1) is 11.4 Å². The first-order chi connectivity index (χ1) is 11.1. The summed E-state index contributed by atoms with van der Waals surface area (Å²) in [5.41, 5.74) is 1.31. The molecule has 6 heteroatoms. The molecule has 6 nitrogen and oxygen atoms in total. The van der Waals surface area contributed by atoms with Crippen LogP contribution in [0.3, 0.4) is 0 Å². The number of carbonyl (C=O) groups is 2. The van der Waals surface area contributed by atoms with Crippen molar-refractivity contribution in [3.8, 4) is 0 Å². The van der Waals surface area contributed by atoms with Crippen LogP contribution in [-0.2, 0) is 9.59 Å². The van der Waals surface area contributed by atoms with Crippen molar-refractivity contribution in [1.29, 1.82) is 0 Å². The summed E-state index contributed by atoms with van der Waals surface area (Å²) in [6, 6.07) is 3.72. The number of pyridine rings is 1. The number of hydrogen-bond acceptors (Lipinski definition) is 5. The van der Waals surface area contributed by atoms with E-state index in [1.807, 2.05) is 19.1 Å². The highest BCUT2D eigenvalue weighted by atomic mass is 16.3. The number of aliphatic hydroxyl groups is 1. The van der Waals surface area contributed by atoms with E-state index in [2.05, 4.69) is 9.88 Å². The zero-order valence-electron chi connectivity index (χ0n) is 13.5. The molecule has 124 valence electrons. The predicted octanol–water partition coefficient (Wildman–Crippen LogP) is 1.64. The predicted molar refractivity (Wildman–Crippen MR) is 87.3 cm³/mol. The van der Waals surface area contributed by atoms with E-state index in [0.29, 0.717) is 36.6 Å². The van der Waals surface area contributed by atoms with E-state index in [-0.39, 0.29) is 18.4 Å². The fraction of sp³-hybridized carbons (Fsp3) is 0.588. The van der Waals surface area contributed by atoms with Gasteiger partial charge in [-0.2, -0.15) is 0 Å². The van der Waals surface area contributed by atoms with Gasteiger partial charge in [-0.3, -0.25) is 9.59 Å². The van der Waals surface area contributed by atoms with Gasteiger partial charge in [-0.1, -0.05) is 0 Å². The Kier molecular flexibility index (Phi) is 4.61. The van der Waals surface area contributed by atoms with Crippen LogP contribution in [0.25, 0.3) is 0 Å². The van der Waals surface area contributed by atoms with Crippen molar-refractivity contribution in [1.82, 2.24) is 4.98 Å². The molecule has 0 unspecified atom stereocenters. The summed E-state index contributed by atoms with van der Waals surface area (Å²) in [7, 11) is 0. The second-order valence-electron chi connectivity index (χ2n) is 6.36. The molecule has 2 fully saturated rings. The fourth-order valence-electron chi connectivity index (χ4n) is 3.32. The maximum Gasteiger partial charge on any atom is 0.233 e. The van der Waals surface area contributed by atoms with Crippen LogP contribution >= 0.6 is 0 Å². The summed E-state index contributed by atoms with van der Waals surface area (Å²) in [6.07, 6.45) is 3.39. The lowest BCUT2D eigenvalue weighted by molar-refractivity contribution is -0.129. The lowest BCUT2D eigenvalue weighted by Crippen LogP contribution is -2.41. The van der Waals surface area contributed by atoms with Gasteiger partial charge in [-0.05, 0) is 44.2 Å². The number of aromatic nitrogens is 1. The first kappa shape index (κ1) is 15.9. The van der Waals surface area contributed by atoms with Crippen molar-refractivity contribution in [3.05, 3.63) is 17.8 Å². The molecule has 0 bridgehead atoms. The Morgan fingerprint density at radius 3 is 2.39 bits per heavy atom. The number of piperidine rings is 2. The molecule has 23 heavy (non-hydrogen) atoms. The summed E-state index contributed by atoms with van der Waals surface area (Å²) < 4.78 is 0. The van der Waals surface area contributed by atoms with Crippen molar-refractivity contribution >= 4 is 23.3 Å². The summed E-state index contributed by atoms with van der Waals surface area (Å²) in [6.45, 7) is 3.84. The van der Waals surface area contributed by atoms with Crippen LogP contribution < -0.4 is 9.80 Å². The molecule has 0 atom stereocenters. The van der Waals surface area contributed by atoms with E-state index in [4.69, 9.17) is 0 Å². The molecular formula is C17H23N3O3. The Bertz CT molecular complexity index is 593. The maximum absolute atomic E-state index is 12.1. The van der Waals surface area contributed by atoms with Gasteiger partial charge < -0.3 is 10.0 Å². The quantitative estimate of drug-likeness (QED) is 0.858. The number of hydrogen-bond donors (Lipinski definition) is 1. The summed E-state index contributed by atoms with van der Waals surface area (Å²) in [5, 5.41) is 9.22. The van der Waals surface area contributed by atoms with E-state index in [9.17, 15) is 14.7 Å². The zero-order chi connectivity index (χ0) is 16.4. The Morgan fingerprint density at radius 1 is 1.17 bits per heavy atom. The van der Waals surface area contributed by atoms with Gasteiger partial charge in [-0.15, -0.1) is 0 Å². The number of nitrogens with zero attached hydrogens (tertiary/aromatic N) is 3. The van der Waals surface area contributed by atoms with Gasteiger partial charge in [0.25, 0.3) is 0 Å². The molecule has 0 radical (unpaired) electrons. The second-order valence-corrected chi connectivity index (χ2v) is 6.36. The van der Waals surface area contributed by atoms with Gasteiger partial charge in [-0.25, -0.2) is 9.88 Å². The highest BCUT2D eigenvalue weighted by molar-refractivity contribution is 6.16. The third-order valence-corrected chi connectivity index (χ3v) is 4.76. The summed E-state index contributed by atoms with van der Waals surface area (Å²) in [4.78, 5) is 32.2. The van der Waals surface area contributed by atoms with Gasteiger partial charge >= 0.3 is 0 Å². The molecule has 2 saturated heterocycles. The van der Waals surface area contributed by atoms with Gasteiger partial charge in [0, 0.05) is 32.5 Å². The molecular weight excluding hydrogens is 294 g/mol. The van der Waals surface area contributed by atoms with E-state index >= 15 is 0 Å². The lowest BCUT2D eigenvalue weighted by atomic mass is 9.98. The van der Waals surface area contributed by atoms with E-state index in [1.165, 1.54) is 4.90 Å². The van der Waals surface area contributed by atoms with E-state index < -0.39 is 0 Å². The number of aryl methyl sites for hydroxylation is 1. The minimum Gasteiger partial charge on any atom is -0.396 e. The normalized spacial score (nSPS) is 20.3. The standard InChI is InChI=1S/C17H23N3O3/c1-12-14(20-16(22)3-2-4-17(20)23)5-6-15(18-12)19-9-7-13(11-21)8-10-19/h5-6,13,21H,2-4,7-11H2,1H3. The van der Waals surface area contributed by atoms with Crippen LogP contribution in [0.5, 0.6) is 0 Å². The highest BCUT2D eigenvalue weighted by Crippen LogP contribution is 2.28. The van der Waals surface area contributed by atoms with Crippen LogP contribution in [0.4, 0.5) is 11.5 Å². The third kappa shape index (κ3) is 3.22. The number of rotatable bonds is 3. The summed E-state index contributed by atoms with van der Waals surface area (Å²) in [5.74, 6) is 0.986. The Hall–Kier alpha value is -1.95. The van der Waals surface area contributed by atoms with Crippen LogP contribution in [0.1, 0.15) is 37.8 Å². The fourth-order valence-corrected chi connectivity index (χ4v) is 3.32. The second kappa shape index (κ2) is 6.66. The zero-order valence-corrected chi connectivity index (χ0v) is 13.5. The Labute approximate surface area is 136 Å². The van der Waals surface area contributed by atoms with Crippen molar-refractivity contribution in [2.24, 2.45) is 5.92 Å². The maximum atomic E-state index is 12.1. The van der Waals surface area contributed by atoms with Gasteiger partial charge in [0.1, 0.15) is 5.82 Å². The molecule has 0 spiro atoms. The molecule has 0 aliphatic carbocycles. The van der Waals surface area contributed by atoms with Crippen molar-refractivity contribution in [3.63, 3.8) is 0 Å². The largest absolute Gasteiger partial charge is 0.396 e. The molecule has 0 saturated carbocycles. The average molecular weight is 317 g/mol. The number of imide groups is 1. The number of aliphatic hydroxyl groups excluding tert-OH is 1. The van der Waals surface area contributed by atoms with Crippen molar-refractivity contribution in [2.45, 2.75) is 39.0 Å². The minimum atomic E-state index is -0.136. The molecule has 3 heterocycles. The Balaban J connectivity index is 1.78. The molecule has 2 aliphatic heterocycles. The Morgan fingerprint density at radius 2 is 1.83 bits per heavy atom. The average Bonchev–Trinajstić information content (AvgIpc) is 2.56. The third-order valence-electron chi connectivity index (χ3n) is 4.76. The molecule has 2 aliphatic rings. The topological polar surface area (TPSA) is 73.7 Å². The number of amides is 2. The van der Waals surface area contributed by atoms with Gasteiger partial charge in [0.2, 0.25) is 11.8 Å². The molecule has 0 aromatic carbocycles. The van der Waals surface area contributed by atoms with Crippen LogP contribution in [0.2, 0.25) is 0 Å². The van der Waals surface area contributed by atoms with E-state index in [0.717, 1.165) is 31.7 Å². The molecule has 1 aromatic heterocycles. The van der Waals surface area contributed by atoms with Crippen LogP contribution in [0.15, 0.2) is 12.1 Å². The first-order valence-electron chi connectivity index (χ1n) is 8.29. The summed E-state index contributed by atoms with van der Waals surface area (Å²) >= 11 is 0. The number of anilines is 2. The molecule has 1 aromatic rings. The van der Waals surface area contributed by atoms with Crippen molar-refractivity contribution in [2.75, 3.05) is 29.5 Å². The molecule has 1 N–H and O–H groups in total. The van der Waals surface area contributed by atoms with Crippen LogP contribution in [-0.4, -0.2) is 41.6 Å². The molecule has 3 rings (SSSR count). The monoisotopic (exact) mass is 317 g/mol.